The third-order valence-corrected chi connectivity index (χ3v) is 4.91. The molecule has 0 radical (unpaired) electrons. The lowest BCUT2D eigenvalue weighted by atomic mass is 9.85. The number of hydrogen-bond donors (Lipinski definition) is 2. The van der Waals surface area contributed by atoms with Crippen LogP contribution in [0.25, 0.3) is 0 Å². The number of amides is 2. The number of aliphatic hydroxyl groups is 1. The molecule has 2 amide bonds. The summed E-state index contributed by atoms with van der Waals surface area (Å²) in [5, 5.41) is 17.8. The molecule has 1 aromatic heterocycles. The molecule has 0 spiro atoms. The minimum Gasteiger partial charge on any atom is -0.389 e. The van der Waals surface area contributed by atoms with Crippen LogP contribution in [0.15, 0.2) is 36.7 Å². The Balaban J connectivity index is 1.49. The average Bonchev–Trinajstić information content (AvgIpc) is 3.10. The molecular formula is C19H25FN4O2. The molecule has 3 rings (SSSR count). The van der Waals surface area contributed by atoms with Gasteiger partial charge in [0.2, 0.25) is 0 Å². The fourth-order valence-corrected chi connectivity index (χ4v) is 3.26. The van der Waals surface area contributed by atoms with Crippen molar-refractivity contribution >= 4 is 6.03 Å². The van der Waals surface area contributed by atoms with Crippen LogP contribution in [0.3, 0.4) is 0 Å². The summed E-state index contributed by atoms with van der Waals surface area (Å²) in [7, 11) is 0. The van der Waals surface area contributed by atoms with Crippen molar-refractivity contribution in [1.82, 2.24) is 20.0 Å². The van der Waals surface area contributed by atoms with E-state index in [0.29, 0.717) is 38.0 Å². The molecule has 140 valence electrons. The van der Waals surface area contributed by atoms with Crippen LogP contribution in [-0.4, -0.2) is 44.5 Å². The summed E-state index contributed by atoms with van der Waals surface area (Å²) in [5.41, 5.74) is 0.496. The molecule has 7 heteroatoms. The van der Waals surface area contributed by atoms with Crippen molar-refractivity contribution in [3.8, 4) is 0 Å². The van der Waals surface area contributed by atoms with Crippen molar-refractivity contribution in [3.63, 3.8) is 0 Å². The number of halogens is 1. The lowest BCUT2D eigenvalue weighted by molar-refractivity contribution is -0.0122. The summed E-state index contributed by atoms with van der Waals surface area (Å²) in [4.78, 5) is 14.0. The van der Waals surface area contributed by atoms with Gasteiger partial charge in [-0.05, 0) is 31.4 Å². The Labute approximate surface area is 152 Å². The number of benzene rings is 1. The fraction of sp³-hybridized carbons (Fsp3) is 0.474. The van der Waals surface area contributed by atoms with Crippen molar-refractivity contribution in [2.45, 2.75) is 44.9 Å². The minimum absolute atomic E-state index is 0.151. The first-order valence-electron chi connectivity index (χ1n) is 8.99. The molecule has 1 aliphatic heterocycles. The summed E-state index contributed by atoms with van der Waals surface area (Å²) in [6.45, 7) is 4.12. The monoisotopic (exact) mass is 360 g/mol. The average molecular weight is 360 g/mol. The predicted octanol–water partition coefficient (Wildman–Crippen LogP) is 2.32. The van der Waals surface area contributed by atoms with Crippen molar-refractivity contribution in [1.29, 1.82) is 0 Å². The minimum atomic E-state index is -0.971. The lowest BCUT2D eigenvalue weighted by Gasteiger charge is -2.38. The molecule has 0 bridgehead atoms. The number of nitrogens with one attached hydrogen (secondary N) is 1. The SMILES string of the molecule is CCn1cc(CNC(=O)N2CCC(O)(Cc3ccccc3F)CC2)cn1. The van der Waals surface area contributed by atoms with Crippen LogP contribution in [0, 0.1) is 5.82 Å². The van der Waals surface area contributed by atoms with E-state index in [1.54, 1.807) is 29.3 Å². The lowest BCUT2D eigenvalue weighted by Crippen LogP contribution is -2.50. The number of carbonyl (C=O) groups excluding carboxylic acids is 1. The van der Waals surface area contributed by atoms with E-state index < -0.39 is 5.60 Å². The van der Waals surface area contributed by atoms with Crippen LogP contribution in [0.1, 0.15) is 30.9 Å². The Morgan fingerprint density at radius 1 is 1.35 bits per heavy atom. The molecule has 0 atom stereocenters. The van der Waals surface area contributed by atoms with Crippen LogP contribution >= 0.6 is 0 Å². The smallest absolute Gasteiger partial charge is 0.317 e. The van der Waals surface area contributed by atoms with Gasteiger partial charge >= 0.3 is 6.03 Å². The second kappa shape index (κ2) is 7.86. The molecule has 1 saturated heterocycles. The molecule has 1 fully saturated rings. The number of hydrogen-bond acceptors (Lipinski definition) is 3. The maximum atomic E-state index is 13.8. The Hall–Kier alpha value is -2.41. The molecular weight excluding hydrogens is 335 g/mol. The summed E-state index contributed by atoms with van der Waals surface area (Å²) in [5.74, 6) is -0.297. The Bertz CT molecular complexity index is 754. The van der Waals surface area contributed by atoms with Gasteiger partial charge in [-0.25, -0.2) is 9.18 Å². The van der Waals surface area contributed by atoms with Gasteiger partial charge in [0.05, 0.1) is 11.8 Å². The second-order valence-corrected chi connectivity index (χ2v) is 6.84. The van der Waals surface area contributed by atoms with Crippen molar-refractivity contribution in [2.24, 2.45) is 0 Å². The zero-order valence-electron chi connectivity index (χ0n) is 15.0. The van der Waals surface area contributed by atoms with Gasteiger partial charge in [-0.3, -0.25) is 4.68 Å². The molecule has 0 saturated carbocycles. The topological polar surface area (TPSA) is 70.4 Å². The first-order chi connectivity index (χ1) is 12.5. The Morgan fingerprint density at radius 2 is 2.08 bits per heavy atom. The normalized spacial score (nSPS) is 16.5. The van der Waals surface area contributed by atoms with Crippen molar-refractivity contribution in [2.75, 3.05) is 13.1 Å². The zero-order valence-corrected chi connectivity index (χ0v) is 15.0. The number of urea groups is 1. The van der Waals surface area contributed by atoms with Gasteiger partial charge in [0.25, 0.3) is 0 Å². The molecule has 2 heterocycles. The highest BCUT2D eigenvalue weighted by Gasteiger charge is 2.34. The summed E-state index contributed by atoms with van der Waals surface area (Å²) < 4.78 is 15.6. The highest BCUT2D eigenvalue weighted by Crippen LogP contribution is 2.27. The van der Waals surface area contributed by atoms with E-state index in [1.165, 1.54) is 6.07 Å². The van der Waals surface area contributed by atoms with E-state index in [1.807, 2.05) is 17.8 Å². The maximum Gasteiger partial charge on any atom is 0.317 e. The quantitative estimate of drug-likeness (QED) is 0.860. The van der Waals surface area contributed by atoms with Crippen molar-refractivity contribution in [3.05, 3.63) is 53.6 Å². The number of likely N-dealkylation sites (tertiary alicyclic amines) is 1. The first-order valence-corrected chi connectivity index (χ1v) is 8.99. The fourth-order valence-electron chi connectivity index (χ4n) is 3.26. The van der Waals surface area contributed by atoms with Gasteiger partial charge < -0.3 is 15.3 Å². The van der Waals surface area contributed by atoms with Crippen LogP contribution in [0.2, 0.25) is 0 Å². The number of piperidine rings is 1. The highest BCUT2D eigenvalue weighted by atomic mass is 19.1. The standard InChI is InChI=1S/C19H25FN4O2/c1-2-24-14-15(13-22-24)12-21-18(25)23-9-7-19(26,8-10-23)11-16-5-3-4-6-17(16)20/h3-6,13-14,26H,2,7-12H2,1H3,(H,21,25). The molecule has 0 unspecified atom stereocenters. The zero-order chi connectivity index (χ0) is 18.6. The molecule has 6 nitrogen and oxygen atoms in total. The molecule has 26 heavy (non-hydrogen) atoms. The van der Waals surface area contributed by atoms with E-state index in [-0.39, 0.29) is 18.3 Å². The number of aryl methyl sites for hydroxylation is 1. The van der Waals surface area contributed by atoms with Gasteiger partial charge in [-0.15, -0.1) is 0 Å². The molecule has 1 aliphatic rings. The van der Waals surface area contributed by atoms with E-state index in [2.05, 4.69) is 10.4 Å². The van der Waals surface area contributed by atoms with E-state index in [4.69, 9.17) is 0 Å². The first kappa shape index (κ1) is 18.4. The van der Waals surface area contributed by atoms with Gasteiger partial charge in [-0.1, -0.05) is 18.2 Å². The predicted molar refractivity (Wildman–Crippen MR) is 96.0 cm³/mol. The Morgan fingerprint density at radius 3 is 2.73 bits per heavy atom. The van der Waals surface area contributed by atoms with E-state index >= 15 is 0 Å². The van der Waals surface area contributed by atoms with Crippen LogP contribution in [-0.2, 0) is 19.5 Å². The third kappa shape index (κ3) is 4.40. The van der Waals surface area contributed by atoms with Crippen LogP contribution in [0.4, 0.5) is 9.18 Å². The van der Waals surface area contributed by atoms with Gasteiger partial charge in [0, 0.05) is 44.4 Å². The number of rotatable bonds is 5. The van der Waals surface area contributed by atoms with Crippen LogP contribution in [0.5, 0.6) is 0 Å². The summed E-state index contributed by atoms with van der Waals surface area (Å²) >= 11 is 0. The maximum absolute atomic E-state index is 13.8. The summed E-state index contributed by atoms with van der Waals surface area (Å²) in [6, 6.07) is 6.36. The van der Waals surface area contributed by atoms with Gasteiger partial charge in [0.1, 0.15) is 5.82 Å². The molecule has 0 aliphatic carbocycles. The summed E-state index contributed by atoms with van der Waals surface area (Å²) in [6.07, 6.45) is 4.78. The second-order valence-electron chi connectivity index (χ2n) is 6.84. The van der Waals surface area contributed by atoms with E-state index in [0.717, 1.165) is 12.1 Å². The third-order valence-electron chi connectivity index (χ3n) is 4.91. The van der Waals surface area contributed by atoms with Crippen molar-refractivity contribution < 1.29 is 14.3 Å². The highest BCUT2D eigenvalue weighted by molar-refractivity contribution is 5.74. The van der Waals surface area contributed by atoms with E-state index in [9.17, 15) is 14.3 Å². The van der Waals surface area contributed by atoms with Gasteiger partial charge in [0.15, 0.2) is 0 Å². The molecule has 1 aromatic carbocycles. The largest absolute Gasteiger partial charge is 0.389 e. The number of carbonyl (C=O) groups is 1. The molecule has 2 N–H and O–H groups in total. The van der Waals surface area contributed by atoms with Gasteiger partial charge in [-0.2, -0.15) is 5.10 Å². The molecule has 2 aromatic rings. The van der Waals surface area contributed by atoms with Crippen LogP contribution < -0.4 is 5.32 Å². The number of nitrogens with zero attached hydrogens (tertiary/aromatic N) is 3. The number of aromatic nitrogens is 2. The Kier molecular flexibility index (Phi) is 5.56.